The Balaban J connectivity index is 2.49. The van der Waals surface area contributed by atoms with Crippen LogP contribution < -0.4 is 4.90 Å². The zero-order valence-corrected chi connectivity index (χ0v) is 9.73. The first kappa shape index (κ1) is 12.2. The number of carbonyl (C=O) groups excluding carboxylic acids is 1. The Labute approximate surface area is 103 Å². The van der Waals surface area contributed by atoms with Crippen LogP contribution in [0.25, 0.3) is 0 Å². The standard InChI is InChI=1S/C14H11F2NO/c1-17(11-5-3-2-4-6-11)14-12(15)7-10(9-18)8-13(14)16/h2-9H,1H3. The molecule has 2 rings (SSSR count). The van der Waals surface area contributed by atoms with E-state index in [1.807, 2.05) is 6.07 Å². The van der Waals surface area contributed by atoms with Crippen molar-refractivity contribution < 1.29 is 13.6 Å². The number of para-hydroxylation sites is 1. The summed E-state index contributed by atoms with van der Waals surface area (Å²) in [6.07, 6.45) is 0.415. The Morgan fingerprint density at radius 2 is 1.61 bits per heavy atom. The minimum absolute atomic E-state index is 0.0183. The van der Waals surface area contributed by atoms with Crippen LogP contribution in [0.3, 0.4) is 0 Å². The zero-order valence-electron chi connectivity index (χ0n) is 9.73. The molecule has 92 valence electrons. The van der Waals surface area contributed by atoms with E-state index in [1.165, 1.54) is 4.90 Å². The fraction of sp³-hybridized carbons (Fsp3) is 0.0714. The molecule has 0 saturated carbocycles. The van der Waals surface area contributed by atoms with Gasteiger partial charge in [0.1, 0.15) is 12.0 Å². The second-order valence-electron chi connectivity index (χ2n) is 3.85. The van der Waals surface area contributed by atoms with Crippen LogP contribution in [0.15, 0.2) is 42.5 Å². The van der Waals surface area contributed by atoms with Crippen LogP contribution >= 0.6 is 0 Å². The van der Waals surface area contributed by atoms with Gasteiger partial charge in [0.25, 0.3) is 0 Å². The number of carbonyl (C=O) groups is 1. The highest BCUT2D eigenvalue weighted by molar-refractivity contribution is 5.77. The van der Waals surface area contributed by atoms with Gasteiger partial charge in [0.15, 0.2) is 11.6 Å². The van der Waals surface area contributed by atoms with Gasteiger partial charge in [-0.15, -0.1) is 0 Å². The number of hydrogen-bond donors (Lipinski definition) is 0. The molecule has 4 heteroatoms. The first-order valence-electron chi connectivity index (χ1n) is 5.36. The third-order valence-electron chi connectivity index (χ3n) is 2.65. The molecule has 0 aromatic heterocycles. The van der Waals surface area contributed by atoms with E-state index in [-0.39, 0.29) is 11.3 Å². The van der Waals surface area contributed by atoms with E-state index in [1.54, 1.807) is 31.3 Å². The highest BCUT2D eigenvalue weighted by Crippen LogP contribution is 2.29. The van der Waals surface area contributed by atoms with Gasteiger partial charge >= 0.3 is 0 Å². The van der Waals surface area contributed by atoms with E-state index in [4.69, 9.17) is 0 Å². The molecule has 2 nitrogen and oxygen atoms in total. The summed E-state index contributed by atoms with van der Waals surface area (Å²) in [6, 6.07) is 10.9. The van der Waals surface area contributed by atoms with Crippen LogP contribution in [0, 0.1) is 11.6 Å². The van der Waals surface area contributed by atoms with Crippen molar-refractivity contribution in [1.29, 1.82) is 0 Å². The van der Waals surface area contributed by atoms with Crippen LogP contribution in [-0.2, 0) is 0 Å². The van der Waals surface area contributed by atoms with Gasteiger partial charge < -0.3 is 4.90 Å². The van der Waals surface area contributed by atoms with Crippen LogP contribution in [0.2, 0.25) is 0 Å². The summed E-state index contributed by atoms with van der Waals surface area (Å²) in [5, 5.41) is 0. The highest BCUT2D eigenvalue weighted by atomic mass is 19.1. The molecular formula is C14H11F2NO. The summed E-state index contributed by atoms with van der Waals surface area (Å²) in [5.74, 6) is -1.52. The molecule has 0 spiro atoms. The molecule has 2 aromatic carbocycles. The van der Waals surface area contributed by atoms with Crippen molar-refractivity contribution in [3.05, 3.63) is 59.7 Å². The van der Waals surface area contributed by atoms with Crippen LogP contribution in [-0.4, -0.2) is 13.3 Å². The van der Waals surface area contributed by atoms with Gasteiger partial charge in [0.2, 0.25) is 0 Å². The van der Waals surface area contributed by atoms with Crippen molar-refractivity contribution >= 4 is 17.7 Å². The first-order valence-corrected chi connectivity index (χ1v) is 5.36. The van der Waals surface area contributed by atoms with Gasteiger partial charge in [-0.1, -0.05) is 18.2 Å². The minimum atomic E-state index is -0.761. The van der Waals surface area contributed by atoms with Gasteiger partial charge in [-0.3, -0.25) is 4.79 Å². The van der Waals surface area contributed by atoms with Gasteiger partial charge in [-0.05, 0) is 24.3 Å². The summed E-state index contributed by atoms with van der Waals surface area (Å²) in [4.78, 5) is 11.9. The second-order valence-corrected chi connectivity index (χ2v) is 3.85. The maximum Gasteiger partial charge on any atom is 0.150 e. The summed E-state index contributed by atoms with van der Waals surface area (Å²) >= 11 is 0. The first-order chi connectivity index (χ1) is 8.63. The van der Waals surface area contributed by atoms with E-state index < -0.39 is 11.6 Å². The molecule has 0 aliphatic carbocycles. The van der Waals surface area contributed by atoms with E-state index in [0.717, 1.165) is 12.1 Å². The second kappa shape index (κ2) is 4.96. The van der Waals surface area contributed by atoms with Crippen LogP contribution in [0.1, 0.15) is 10.4 Å². The number of anilines is 2. The van der Waals surface area contributed by atoms with Gasteiger partial charge in [0.05, 0.1) is 0 Å². The molecule has 0 N–H and O–H groups in total. The molecule has 0 bridgehead atoms. The molecule has 0 saturated heterocycles. The number of aldehydes is 1. The van der Waals surface area contributed by atoms with Gasteiger partial charge in [0, 0.05) is 18.3 Å². The fourth-order valence-corrected chi connectivity index (χ4v) is 1.75. The van der Waals surface area contributed by atoms with Crippen molar-refractivity contribution in [3.8, 4) is 0 Å². The molecule has 0 amide bonds. The minimum Gasteiger partial charge on any atom is -0.340 e. The average molecular weight is 247 g/mol. The van der Waals surface area contributed by atoms with E-state index >= 15 is 0 Å². The van der Waals surface area contributed by atoms with E-state index in [9.17, 15) is 13.6 Å². The number of halogens is 2. The normalized spacial score (nSPS) is 10.2. The molecule has 18 heavy (non-hydrogen) atoms. The Kier molecular flexibility index (Phi) is 3.37. The molecule has 0 atom stereocenters. The maximum absolute atomic E-state index is 13.8. The average Bonchev–Trinajstić information content (AvgIpc) is 2.38. The Bertz CT molecular complexity index is 546. The molecule has 2 aromatic rings. The molecule has 0 radical (unpaired) electrons. The predicted molar refractivity (Wildman–Crippen MR) is 66.3 cm³/mol. The maximum atomic E-state index is 13.8. The van der Waals surface area contributed by atoms with Crippen molar-refractivity contribution in [2.75, 3.05) is 11.9 Å². The molecule has 0 fully saturated rings. The van der Waals surface area contributed by atoms with Gasteiger partial charge in [-0.2, -0.15) is 0 Å². The Morgan fingerprint density at radius 1 is 1.06 bits per heavy atom. The van der Waals surface area contributed by atoms with Gasteiger partial charge in [-0.25, -0.2) is 8.78 Å². The lowest BCUT2D eigenvalue weighted by Gasteiger charge is -2.20. The lowest BCUT2D eigenvalue weighted by atomic mass is 10.1. The number of rotatable bonds is 3. The third kappa shape index (κ3) is 2.22. The molecule has 0 aliphatic heterocycles. The SMILES string of the molecule is CN(c1ccccc1)c1c(F)cc(C=O)cc1F. The van der Waals surface area contributed by atoms with Crippen molar-refractivity contribution in [1.82, 2.24) is 0 Å². The monoisotopic (exact) mass is 247 g/mol. The zero-order chi connectivity index (χ0) is 13.1. The lowest BCUT2D eigenvalue weighted by Crippen LogP contribution is -2.13. The van der Waals surface area contributed by atoms with Crippen LogP contribution in [0.4, 0.5) is 20.2 Å². The molecule has 0 unspecified atom stereocenters. The summed E-state index contributed by atoms with van der Waals surface area (Å²) in [7, 11) is 1.57. The van der Waals surface area contributed by atoms with Crippen LogP contribution in [0.5, 0.6) is 0 Å². The summed E-state index contributed by atoms with van der Waals surface area (Å²) in [6.45, 7) is 0. The van der Waals surface area contributed by atoms with E-state index in [0.29, 0.717) is 12.0 Å². The topological polar surface area (TPSA) is 20.3 Å². The largest absolute Gasteiger partial charge is 0.340 e. The quantitative estimate of drug-likeness (QED) is 0.773. The summed E-state index contributed by atoms with van der Waals surface area (Å²) in [5.41, 5.74) is 0.469. The smallest absolute Gasteiger partial charge is 0.150 e. The fourth-order valence-electron chi connectivity index (χ4n) is 1.75. The van der Waals surface area contributed by atoms with Crippen molar-refractivity contribution in [3.63, 3.8) is 0 Å². The number of hydrogen-bond acceptors (Lipinski definition) is 2. The predicted octanol–water partition coefficient (Wildman–Crippen LogP) is 3.55. The third-order valence-corrected chi connectivity index (χ3v) is 2.65. The Morgan fingerprint density at radius 3 is 2.11 bits per heavy atom. The van der Waals surface area contributed by atoms with Crippen molar-refractivity contribution in [2.24, 2.45) is 0 Å². The molecular weight excluding hydrogens is 236 g/mol. The lowest BCUT2D eigenvalue weighted by molar-refractivity contribution is 0.112. The molecule has 0 heterocycles. The van der Waals surface area contributed by atoms with E-state index in [2.05, 4.69) is 0 Å². The Hall–Kier alpha value is -2.23. The number of nitrogens with zero attached hydrogens (tertiary/aromatic N) is 1. The summed E-state index contributed by atoms with van der Waals surface area (Å²) < 4.78 is 27.6. The number of benzene rings is 2. The highest BCUT2D eigenvalue weighted by Gasteiger charge is 2.16. The van der Waals surface area contributed by atoms with Crippen molar-refractivity contribution in [2.45, 2.75) is 0 Å². The molecule has 0 aliphatic rings.